The van der Waals surface area contributed by atoms with Crippen molar-refractivity contribution in [1.82, 2.24) is 0 Å². The van der Waals surface area contributed by atoms with Gasteiger partial charge in [-0.1, -0.05) is 31.5 Å². The van der Waals surface area contributed by atoms with E-state index in [4.69, 9.17) is 0 Å². The summed E-state index contributed by atoms with van der Waals surface area (Å²) in [7, 11) is 0. The zero-order chi connectivity index (χ0) is 11.5. The summed E-state index contributed by atoms with van der Waals surface area (Å²) in [6, 6.07) is 6.88. The van der Waals surface area contributed by atoms with Crippen molar-refractivity contribution >= 4 is 0 Å². The summed E-state index contributed by atoms with van der Waals surface area (Å²) < 4.78 is 0. The largest absolute Gasteiger partial charge is 0.393 e. The number of aryl methyl sites for hydroxylation is 2. The zero-order valence-corrected chi connectivity index (χ0v) is 10.4. The van der Waals surface area contributed by atoms with Crippen molar-refractivity contribution < 1.29 is 5.11 Å². The zero-order valence-electron chi connectivity index (χ0n) is 10.4. The maximum Gasteiger partial charge on any atom is 0.0543 e. The molecule has 1 aliphatic carbocycles. The lowest BCUT2D eigenvalue weighted by molar-refractivity contribution is 0.123. The van der Waals surface area contributed by atoms with E-state index in [0.717, 1.165) is 12.8 Å². The summed E-state index contributed by atoms with van der Waals surface area (Å²) in [5.74, 6) is 0.402. The Balaban J connectivity index is 2.10. The Hall–Kier alpha value is -0.820. The summed E-state index contributed by atoms with van der Waals surface area (Å²) in [5.41, 5.74) is 4.47. The highest BCUT2D eigenvalue weighted by Gasteiger charge is 2.15. The second-order valence-corrected chi connectivity index (χ2v) is 5.07. The molecule has 2 unspecified atom stereocenters. The third-order valence-corrected chi connectivity index (χ3v) is 3.87. The van der Waals surface area contributed by atoms with Crippen molar-refractivity contribution in [3.05, 3.63) is 34.9 Å². The molecule has 1 heteroatoms. The molecule has 0 aliphatic heterocycles. The van der Waals surface area contributed by atoms with Crippen molar-refractivity contribution in [3.63, 3.8) is 0 Å². The van der Waals surface area contributed by atoms with Crippen LogP contribution < -0.4 is 0 Å². The monoisotopic (exact) mass is 218 g/mol. The van der Waals surface area contributed by atoms with Gasteiger partial charge in [-0.05, 0) is 55.2 Å². The highest BCUT2D eigenvalue weighted by molar-refractivity contribution is 5.35. The van der Waals surface area contributed by atoms with Gasteiger partial charge in [0.15, 0.2) is 0 Å². The van der Waals surface area contributed by atoms with Gasteiger partial charge in [0.1, 0.15) is 0 Å². The van der Waals surface area contributed by atoms with Gasteiger partial charge < -0.3 is 5.11 Å². The Labute approximate surface area is 98.5 Å². The lowest BCUT2D eigenvalue weighted by atomic mass is 9.91. The Morgan fingerprint density at radius 2 is 2.00 bits per heavy atom. The van der Waals surface area contributed by atoms with E-state index in [0.29, 0.717) is 5.92 Å². The third kappa shape index (κ3) is 2.46. The normalized spacial score (nSPS) is 18.2. The molecule has 0 amide bonds. The third-order valence-electron chi connectivity index (χ3n) is 3.87. The molecule has 1 aromatic rings. The minimum Gasteiger partial charge on any atom is -0.393 e. The van der Waals surface area contributed by atoms with Crippen molar-refractivity contribution in [2.24, 2.45) is 5.92 Å². The standard InChI is InChI=1S/C15H22O/c1-3-13(11(2)16)9-12-7-8-14-5-4-6-15(14)10-12/h7-8,10-11,13,16H,3-6,9H2,1-2H3. The van der Waals surface area contributed by atoms with Gasteiger partial charge in [-0.3, -0.25) is 0 Å². The smallest absolute Gasteiger partial charge is 0.0543 e. The second-order valence-electron chi connectivity index (χ2n) is 5.07. The van der Waals surface area contributed by atoms with Gasteiger partial charge in [-0.2, -0.15) is 0 Å². The molecule has 1 nitrogen and oxygen atoms in total. The Kier molecular flexibility index (Phi) is 3.65. The molecule has 0 spiro atoms. The molecular weight excluding hydrogens is 196 g/mol. The highest BCUT2D eigenvalue weighted by atomic mass is 16.3. The van der Waals surface area contributed by atoms with Crippen LogP contribution in [0, 0.1) is 5.92 Å². The van der Waals surface area contributed by atoms with Crippen molar-refractivity contribution in [3.8, 4) is 0 Å². The van der Waals surface area contributed by atoms with Crippen LogP contribution in [-0.4, -0.2) is 11.2 Å². The molecule has 1 N–H and O–H groups in total. The van der Waals surface area contributed by atoms with Gasteiger partial charge in [-0.15, -0.1) is 0 Å². The lowest BCUT2D eigenvalue weighted by Crippen LogP contribution is -2.18. The van der Waals surface area contributed by atoms with Gasteiger partial charge in [0.25, 0.3) is 0 Å². The van der Waals surface area contributed by atoms with E-state index in [1.54, 1.807) is 0 Å². The van der Waals surface area contributed by atoms with Crippen LogP contribution in [0.5, 0.6) is 0 Å². The minimum atomic E-state index is -0.196. The van der Waals surface area contributed by atoms with E-state index in [1.807, 2.05) is 6.92 Å². The molecule has 0 fully saturated rings. The Morgan fingerprint density at radius 3 is 2.69 bits per heavy atom. The van der Waals surface area contributed by atoms with Crippen molar-refractivity contribution in [2.45, 2.75) is 52.1 Å². The van der Waals surface area contributed by atoms with E-state index in [9.17, 15) is 5.11 Å². The van der Waals surface area contributed by atoms with Gasteiger partial charge in [0.05, 0.1) is 6.10 Å². The van der Waals surface area contributed by atoms with Crippen LogP contribution in [0.25, 0.3) is 0 Å². The SMILES string of the molecule is CCC(Cc1ccc2c(c1)CCC2)C(C)O. The van der Waals surface area contributed by atoms with Crippen LogP contribution in [0.2, 0.25) is 0 Å². The van der Waals surface area contributed by atoms with Crippen LogP contribution >= 0.6 is 0 Å². The van der Waals surface area contributed by atoms with Crippen LogP contribution in [0.1, 0.15) is 43.4 Å². The molecule has 0 radical (unpaired) electrons. The van der Waals surface area contributed by atoms with Crippen LogP contribution in [0.3, 0.4) is 0 Å². The van der Waals surface area contributed by atoms with Crippen LogP contribution in [0.15, 0.2) is 18.2 Å². The number of fused-ring (bicyclic) bond motifs is 1. The fourth-order valence-corrected chi connectivity index (χ4v) is 2.71. The Bertz CT molecular complexity index is 354. The second kappa shape index (κ2) is 5.01. The van der Waals surface area contributed by atoms with Gasteiger partial charge in [0, 0.05) is 0 Å². The number of hydrogen-bond donors (Lipinski definition) is 1. The van der Waals surface area contributed by atoms with E-state index >= 15 is 0 Å². The quantitative estimate of drug-likeness (QED) is 0.823. The average molecular weight is 218 g/mol. The molecule has 0 heterocycles. The molecular formula is C15H22O. The van der Waals surface area contributed by atoms with E-state index in [1.165, 1.54) is 36.0 Å². The lowest BCUT2D eigenvalue weighted by Gasteiger charge is -2.18. The summed E-state index contributed by atoms with van der Waals surface area (Å²) in [5, 5.41) is 9.67. The molecule has 0 aromatic heterocycles. The van der Waals surface area contributed by atoms with Crippen molar-refractivity contribution in [1.29, 1.82) is 0 Å². The number of hydrogen-bond acceptors (Lipinski definition) is 1. The number of rotatable bonds is 4. The Morgan fingerprint density at radius 1 is 1.25 bits per heavy atom. The summed E-state index contributed by atoms with van der Waals surface area (Å²) in [6.07, 6.45) is 5.68. The van der Waals surface area contributed by atoms with Gasteiger partial charge in [-0.25, -0.2) is 0 Å². The fraction of sp³-hybridized carbons (Fsp3) is 0.600. The molecule has 0 bridgehead atoms. The molecule has 1 aromatic carbocycles. The van der Waals surface area contributed by atoms with Crippen LogP contribution in [0.4, 0.5) is 0 Å². The van der Waals surface area contributed by atoms with Crippen molar-refractivity contribution in [2.75, 3.05) is 0 Å². The molecule has 16 heavy (non-hydrogen) atoms. The molecule has 0 saturated heterocycles. The van der Waals surface area contributed by atoms with E-state index < -0.39 is 0 Å². The first-order valence-electron chi connectivity index (χ1n) is 6.49. The topological polar surface area (TPSA) is 20.2 Å². The molecule has 88 valence electrons. The number of aliphatic hydroxyl groups excluding tert-OH is 1. The highest BCUT2D eigenvalue weighted by Crippen LogP contribution is 2.25. The number of aliphatic hydroxyl groups is 1. The molecule has 2 atom stereocenters. The molecule has 1 aliphatic rings. The van der Waals surface area contributed by atoms with E-state index in [-0.39, 0.29) is 6.10 Å². The minimum absolute atomic E-state index is 0.196. The first kappa shape index (κ1) is 11.7. The first-order valence-corrected chi connectivity index (χ1v) is 6.49. The molecule has 0 saturated carbocycles. The van der Waals surface area contributed by atoms with E-state index in [2.05, 4.69) is 25.1 Å². The van der Waals surface area contributed by atoms with Gasteiger partial charge >= 0.3 is 0 Å². The maximum atomic E-state index is 9.67. The first-order chi connectivity index (χ1) is 7.70. The summed E-state index contributed by atoms with van der Waals surface area (Å²) >= 11 is 0. The number of benzene rings is 1. The maximum absolute atomic E-state index is 9.67. The van der Waals surface area contributed by atoms with Crippen LogP contribution in [-0.2, 0) is 19.3 Å². The summed E-state index contributed by atoms with van der Waals surface area (Å²) in [4.78, 5) is 0. The fourth-order valence-electron chi connectivity index (χ4n) is 2.71. The summed E-state index contributed by atoms with van der Waals surface area (Å²) in [6.45, 7) is 4.06. The average Bonchev–Trinajstić information content (AvgIpc) is 2.72. The predicted octanol–water partition coefficient (Wildman–Crippen LogP) is 3.12. The molecule has 2 rings (SSSR count). The van der Waals surface area contributed by atoms with Gasteiger partial charge in [0.2, 0.25) is 0 Å². The predicted molar refractivity (Wildman–Crippen MR) is 67.6 cm³/mol.